The molecule has 1 N–H and O–H groups in total. The molecule has 0 spiro atoms. The second-order valence-corrected chi connectivity index (χ2v) is 6.43. The van der Waals surface area contributed by atoms with E-state index in [0.29, 0.717) is 5.39 Å². The predicted molar refractivity (Wildman–Crippen MR) is 112 cm³/mol. The lowest BCUT2D eigenvalue weighted by Gasteiger charge is -2.05. The zero-order valence-corrected chi connectivity index (χ0v) is 16.2. The summed E-state index contributed by atoms with van der Waals surface area (Å²) in [5.74, 6) is 0. The first-order valence-electron chi connectivity index (χ1n) is 9.80. The van der Waals surface area contributed by atoms with Crippen LogP contribution in [0.2, 0.25) is 0 Å². The lowest BCUT2D eigenvalue weighted by atomic mass is 10.0. The third-order valence-electron chi connectivity index (χ3n) is 4.52. The van der Waals surface area contributed by atoms with Crippen molar-refractivity contribution in [2.75, 3.05) is 0 Å². The van der Waals surface area contributed by atoms with E-state index < -0.39 is 0 Å². The topological polar surface area (TPSA) is 45.8 Å². The molecule has 1 saturated carbocycles. The number of benzene rings is 2. The van der Waals surface area contributed by atoms with E-state index in [1.165, 1.54) is 44.1 Å². The van der Waals surface area contributed by atoms with Crippen LogP contribution in [0.25, 0.3) is 22.0 Å². The van der Waals surface area contributed by atoms with E-state index in [1.54, 1.807) is 0 Å². The summed E-state index contributed by atoms with van der Waals surface area (Å²) in [6.07, 6.45) is 9.00. The maximum absolute atomic E-state index is 11.7. The average Bonchev–Trinajstić information content (AvgIpc) is 2.73. The first-order chi connectivity index (χ1) is 12.8. The highest BCUT2D eigenvalue weighted by Gasteiger charge is 2.07. The highest BCUT2D eigenvalue weighted by Crippen LogP contribution is 2.24. The third kappa shape index (κ3) is 5.29. The number of hydrogen-bond acceptors (Lipinski definition) is 2. The van der Waals surface area contributed by atoms with Crippen LogP contribution < -0.4 is 5.56 Å². The van der Waals surface area contributed by atoms with Crippen molar-refractivity contribution in [1.82, 2.24) is 10.2 Å². The van der Waals surface area contributed by atoms with Gasteiger partial charge in [0.15, 0.2) is 0 Å². The summed E-state index contributed by atoms with van der Waals surface area (Å²) in [4.78, 5) is 11.7. The van der Waals surface area contributed by atoms with Gasteiger partial charge in [-0.15, -0.1) is 0 Å². The van der Waals surface area contributed by atoms with Crippen LogP contribution in [0.1, 0.15) is 57.9 Å². The van der Waals surface area contributed by atoms with Gasteiger partial charge in [-0.05, 0) is 13.0 Å². The number of nitrogens with one attached hydrogen (secondary N) is 1. The van der Waals surface area contributed by atoms with Crippen LogP contribution in [0.15, 0.2) is 53.3 Å². The van der Waals surface area contributed by atoms with Gasteiger partial charge in [0.1, 0.15) is 0 Å². The van der Waals surface area contributed by atoms with Gasteiger partial charge in [-0.1, -0.05) is 100 Å². The molecule has 138 valence electrons. The number of fused-ring (bicyclic) bond motifs is 1. The summed E-state index contributed by atoms with van der Waals surface area (Å²) < 4.78 is 0. The molecule has 0 atom stereocenters. The monoisotopic (exact) mass is 350 g/mol. The Balaban J connectivity index is 0.000000256. The second-order valence-electron chi connectivity index (χ2n) is 6.43. The third-order valence-corrected chi connectivity index (χ3v) is 4.52. The molecule has 0 radical (unpaired) electrons. The Hall–Kier alpha value is -2.42. The molecule has 1 fully saturated rings. The van der Waals surface area contributed by atoms with Gasteiger partial charge in [0.2, 0.25) is 0 Å². The second kappa shape index (κ2) is 10.5. The fourth-order valence-electron chi connectivity index (χ4n) is 3.11. The average molecular weight is 351 g/mol. The molecular weight excluding hydrogens is 320 g/mol. The van der Waals surface area contributed by atoms with Crippen molar-refractivity contribution in [3.05, 3.63) is 64.4 Å². The first kappa shape index (κ1) is 19.9. The largest absolute Gasteiger partial charge is 0.272 e. The van der Waals surface area contributed by atoms with Crippen LogP contribution >= 0.6 is 0 Å². The lowest BCUT2D eigenvalue weighted by Crippen LogP contribution is -2.09. The highest BCUT2D eigenvalue weighted by molar-refractivity contribution is 5.93. The van der Waals surface area contributed by atoms with E-state index >= 15 is 0 Å². The highest BCUT2D eigenvalue weighted by atomic mass is 16.1. The van der Waals surface area contributed by atoms with Crippen molar-refractivity contribution in [1.29, 1.82) is 0 Å². The number of aromatic nitrogens is 2. The molecule has 1 aromatic heterocycles. The van der Waals surface area contributed by atoms with Gasteiger partial charge in [0.25, 0.3) is 5.56 Å². The van der Waals surface area contributed by atoms with Crippen molar-refractivity contribution in [3.63, 3.8) is 0 Å². The molecule has 0 saturated heterocycles. The summed E-state index contributed by atoms with van der Waals surface area (Å²) in [5.41, 5.74) is 2.87. The van der Waals surface area contributed by atoms with E-state index in [0.717, 1.165) is 16.6 Å². The van der Waals surface area contributed by atoms with Crippen molar-refractivity contribution >= 4 is 10.8 Å². The first-order valence-corrected chi connectivity index (χ1v) is 9.80. The van der Waals surface area contributed by atoms with E-state index in [9.17, 15) is 4.79 Å². The molecule has 3 aromatic rings. The molecule has 2 aromatic carbocycles. The van der Waals surface area contributed by atoms with Crippen molar-refractivity contribution in [2.45, 2.75) is 59.3 Å². The van der Waals surface area contributed by atoms with Crippen LogP contribution in [0, 0.1) is 6.92 Å². The zero-order chi connectivity index (χ0) is 18.8. The van der Waals surface area contributed by atoms with Crippen LogP contribution in [-0.4, -0.2) is 10.2 Å². The van der Waals surface area contributed by atoms with Crippen molar-refractivity contribution < 1.29 is 0 Å². The van der Waals surface area contributed by atoms with E-state index in [4.69, 9.17) is 0 Å². The Morgan fingerprint density at radius 3 is 1.81 bits per heavy atom. The van der Waals surface area contributed by atoms with Gasteiger partial charge < -0.3 is 0 Å². The Morgan fingerprint density at radius 1 is 0.769 bits per heavy atom. The number of rotatable bonds is 1. The van der Waals surface area contributed by atoms with Gasteiger partial charge in [-0.2, -0.15) is 5.10 Å². The molecule has 0 unspecified atom stereocenters. The SMILES string of the molecule is C1CCCCC1.CC.Cc1ccc(-c2n[nH]c(=O)c3ccccc23)cc1. The van der Waals surface area contributed by atoms with Gasteiger partial charge in [-0.25, -0.2) is 5.10 Å². The van der Waals surface area contributed by atoms with Crippen molar-refractivity contribution in [3.8, 4) is 11.3 Å². The molecule has 4 rings (SSSR count). The Kier molecular flexibility index (Phi) is 8.07. The minimum Gasteiger partial charge on any atom is -0.267 e. The minimum absolute atomic E-state index is 0.151. The van der Waals surface area contributed by atoms with Gasteiger partial charge in [-0.3, -0.25) is 4.79 Å². The van der Waals surface area contributed by atoms with E-state index in [2.05, 4.69) is 10.2 Å². The zero-order valence-electron chi connectivity index (χ0n) is 16.2. The van der Waals surface area contributed by atoms with Gasteiger partial charge >= 0.3 is 0 Å². The quantitative estimate of drug-likeness (QED) is 0.562. The molecule has 0 bridgehead atoms. The Morgan fingerprint density at radius 2 is 1.27 bits per heavy atom. The lowest BCUT2D eigenvalue weighted by molar-refractivity contribution is 0.504. The molecule has 3 heteroatoms. The van der Waals surface area contributed by atoms with E-state index in [1.807, 2.05) is 69.3 Å². The van der Waals surface area contributed by atoms with Crippen LogP contribution in [0.5, 0.6) is 0 Å². The normalized spacial score (nSPS) is 13.2. The Bertz CT molecular complexity index is 834. The maximum atomic E-state index is 11.7. The molecule has 0 aliphatic heterocycles. The number of aromatic amines is 1. The Labute approximate surface area is 156 Å². The summed E-state index contributed by atoms with van der Waals surface area (Å²) in [5, 5.41) is 8.27. The molecular formula is C23H30N2O. The fourth-order valence-corrected chi connectivity index (χ4v) is 3.11. The minimum atomic E-state index is -0.151. The molecule has 3 nitrogen and oxygen atoms in total. The number of hydrogen-bond donors (Lipinski definition) is 1. The summed E-state index contributed by atoms with van der Waals surface area (Å²) in [7, 11) is 0. The molecule has 26 heavy (non-hydrogen) atoms. The van der Waals surface area contributed by atoms with Gasteiger partial charge in [0, 0.05) is 10.9 Å². The summed E-state index contributed by atoms with van der Waals surface area (Å²) in [6, 6.07) is 15.6. The smallest absolute Gasteiger partial charge is 0.267 e. The van der Waals surface area contributed by atoms with Crippen LogP contribution in [0.4, 0.5) is 0 Å². The fraction of sp³-hybridized carbons (Fsp3) is 0.391. The van der Waals surface area contributed by atoms with Gasteiger partial charge in [0.05, 0.1) is 11.1 Å². The maximum Gasteiger partial charge on any atom is 0.272 e. The number of H-pyrrole nitrogens is 1. The molecule has 1 aliphatic carbocycles. The summed E-state index contributed by atoms with van der Waals surface area (Å²) in [6.45, 7) is 6.04. The van der Waals surface area contributed by atoms with Crippen molar-refractivity contribution in [2.24, 2.45) is 0 Å². The predicted octanol–water partition coefficient (Wildman–Crippen LogP) is 6.27. The number of nitrogens with zero attached hydrogens (tertiary/aromatic N) is 1. The molecule has 1 aliphatic rings. The number of aryl methyl sites for hydroxylation is 1. The molecule has 1 heterocycles. The summed E-state index contributed by atoms with van der Waals surface area (Å²) >= 11 is 0. The van der Waals surface area contributed by atoms with Crippen LogP contribution in [-0.2, 0) is 0 Å². The molecule has 0 amide bonds. The van der Waals surface area contributed by atoms with E-state index in [-0.39, 0.29) is 5.56 Å². The standard InChI is InChI=1S/C15H12N2O.C6H12.C2H6/c1-10-6-8-11(9-7-10)14-12-4-2-3-5-13(12)15(18)17-16-14;1-2-4-6-5-3-1;1-2/h2-9H,1H3,(H,17,18);1-6H2;1-2H3. The van der Waals surface area contributed by atoms with Crippen LogP contribution in [0.3, 0.4) is 0 Å².